The molecule has 0 nitrogen and oxygen atoms in total. The standard InChI is InChI=1S/C45H30/c1-2-14-36(15-3-1)45(42-20-10-8-18-40(42)41-19-9-11-21-43(41)45)37-28-26-32(27-29-37)31-22-24-33(25-23-31)44-38-16-6-4-12-34(38)30-35-13-5-7-17-39(35)44/h1-30H. The molecule has 45 heavy (non-hydrogen) atoms. The maximum Gasteiger partial charge on any atom is 0.0713 e. The average molecular weight is 571 g/mol. The number of rotatable bonds is 4. The van der Waals surface area contributed by atoms with Crippen LogP contribution in [0.15, 0.2) is 182 Å². The van der Waals surface area contributed by atoms with Gasteiger partial charge in [0.05, 0.1) is 5.41 Å². The lowest BCUT2D eigenvalue weighted by Crippen LogP contribution is -2.28. The highest BCUT2D eigenvalue weighted by Gasteiger charge is 2.45. The molecule has 0 radical (unpaired) electrons. The molecule has 8 aromatic rings. The third-order valence-corrected chi connectivity index (χ3v) is 9.76. The maximum atomic E-state index is 2.34. The molecule has 1 aliphatic carbocycles. The van der Waals surface area contributed by atoms with Crippen LogP contribution in [0.5, 0.6) is 0 Å². The summed E-state index contributed by atoms with van der Waals surface area (Å²) in [5.41, 5.74) is 12.5. The Hall–Kier alpha value is -5.72. The van der Waals surface area contributed by atoms with Gasteiger partial charge in [0.2, 0.25) is 0 Å². The summed E-state index contributed by atoms with van der Waals surface area (Å²) in [4.78, 5) is 0. The molecule has 0 heteroatoms. The van der Waals surface area contributed by atoms with Crippen LogP contribution in [0.2, 0.25) is 0 Å². The third-order valence-electron chi connectivity index (χ3n) is 9.76. The smallest absolute Gasteiger partial charge is 0.0622 e. The second-order valence-corrected chi connectivity index (χ2v) is 12.1. The second kappa shape index (κ2) is 10.2. The van der Waals surface area contributed by atoms with E-state index in [0.29, 0.717) is 0 Å². The van der Waals surface area contributed by atoms with E-state index < -0.39 is 0 Å². The predicted octanol–water partition coefficient (Wildman–Crippen LogP) is 11.7. The first-order valence-electron chi connectivity index (χ1n) is 15.7. The first-order chi connectivity index (χ1) is 22.3. The summed E-state index contributed by atoms with van der Waals surface area (Å²) in [7, 11) is 0. The largest absolute Gasteiger partial charge is 0.0713 e. The second-order valence-electron chi connectivity index (χ2n) is 12.1. The zero-order valence-corrected chi connectivity index (χ0v) is 24.8. The molecular weight excluding hydrogens is 540 g/mol. The van der Waals surface area contributed by atoms with Crippen LogP contribution in [0.3, 0.4) is 0 Å². The van der Waals surface area contributed by atoms with E-state index >= 15 is 0 Å². The van der Waals surface area contributed by atoms with Crippen LogP contribution < -0.4 is 0 Å². The molecule has 0 bridgehead atoms. The lowest BCUT2D eigenvalue weighted by molar-refractivity contribution is 0.768. The first-order valence-corrected chi connectivity index (χ1v) is 15.7. The van der Waals surface area contributed by atoms with Crippen molar-refractivity contribution in [2.24, 2.45) is 0 Å². The quantitative estimate of drug-likeness (QED) is 0.185. The number of hydrogen-bond donors (Lipinski definition) is 0. The average Bonchev–Trinajstić information content (AvgIpc) is 3.42. The Morgan fingerprint density at radius 2 is 0.733 bits per heavy atom. The molecule has 0 heterocycles. The fourth-order valence-corrected chi connectivity index (χ4v) is 7.78. The van der Waals surface area contributed by atoms with Gasteiger partial charge in [0.1, 0.15) is 0 Å². The van der Waals surface area contributed by atoms with Crippen molar-refractivity contribution in [3.63, 3.8) is 0 Å². The number of benzene rings is 8. The van der Waals surface area contributed by atoms with E-state index in [2.05, 4.69) is 182 Å². The van der Waals surface area contributed by atoms with Crippen LogP contribution in [0.25, 0.3) is 54.9 Å². The minimum atomic E-state index is -0.369. The van der Waals surface area contributed by atoms with Crippen molar-refractivity contribution in [3.05, 3.63) is 204 Å². The number of hydrogen-bond acceptors (Lipinski definition) is 0. The van der Waals surface area contributed by atoms with Gasteiger partial charge in [-0.15, -0.1) is 0 Å². The van der Waals surface area contributed by atoms with E-state index in [1.807, 2.05) is 0 Å². The Balaban J connectivity index is 1.16. The van der Waals surface area contributed by atoms with Gasteiger partial charge in [0.15, 0.2) is 0 Å². The van der Waals surface area contributed by atoms with Crippen molar-refractivity contribution in [1.82, 2.24) is 0 Å². The zero-order valence-electron chi connectivity index (χ0n) is 24.8. The minimum Gasteiger partial charge on any atom is -0.0622 e. The molecule has 0 aromatic heterocycles. The summed E-state index contributed by atoms with van der Waals surface area (Å²) in [6.07, 6.45) is 0. The summed E-state index contributed by atoms with van der Waals surface area (Å²) < 4.78 is 0. The lowest BCUT2D eigenvalue weighted by Gasteiger charge is -2.34. The SMILES string of the molecule is c1ccc(C2(c3ccc(-c4ccc(-c5c6ccccc6cc6ccccc56)cc4)cc3)c3ccccc3-c3ccccc32)cc1. The van der Waals surface area contributed by atoms with Gasteiger partial charge in [-0.05, 0) is 83.2 Å². The lowest BCUT2D eigenvalue weighted by atomic mass is 9.67. The van der Waals surface area contributed by atoms with E-state index in [4.69, 9.17) is 0 Å². The van der Waals surface area contributed by atoms with Gasteiger partial charge in [-0.25, -0.2) is 0 Å². The maximum absolute atomic E-state index is 2.34. The minimum absolute atomic E-state index is 0.369. The summed E-state index contributed by atoms with van der Waals surface area (Å²) in [5, 5.41) is 5.12. The van der Waals surface area contributed by atoms with Gasteiger partial charge < -0.3 is 0 Å². The summed E-state index contributed by atoms with van der Waals surface area (Å²) in [6.45, 7) is 0. The van der Waals surface area contributed by atoms with Crippen molar-refractivity contribution >= 4 is 21.5 Å². The van der Waals surface area contributed by atoms with Crippen LogP contribution >= 0.6 is 0 Å². The molecule has 9 rings (SSSR count). The Kier molecular flexibility index (Phi) is 5.83. The van der Waals surface area contributed by atoms with Gasteiger partial charge in [0.25, 0.3) is 0 Å². The fourth-order valence-electron chi connectivity index (χ4n) is 7.78. The van der Waals surface area contributed by atoms with Crippen LogP contribution in [-0.2, 0) is 5.41 Å². The molecule has 0 saturated carbocycles. The summed E-state index contributed by atoms with van der Waals surface area (Å²) in [5.74, 6) is 0. The molecule has 8 aromatic carbocycles. The van der Waals surface area contributed by atoms with Crippen molar-refractivity contribution in [1.29, 1.82) is 0 Å². The van der Waals surface area contributed by atoms with Crippen molar-refractivity contribution in [3.8, 4) is 33.4 Å². The van der Waals surface area contributed by atoms with Crippen molar-refractivity contribution < 1.29 is 0 Å². The molecule has 210 valence electrons. The monoisotopic (exact) mass is 570 g/mol. The van der Waals surface area contributed by atoms with Gasteiger partial charge in [-0.1, -0.05) is 176 Å². The normalized spacial score (nSPS) is 13.1. The zero-order chi connectivity index (χ0) is 29.8. The van der Waals surface area contributed by atoms with Crippen molar-refractivity contribution in [2.75, 3.05) is 0 Å². The highest BCUT2D eigenvalue weighted by molar-refractivity contribution is 6.12. The van der Waals surface area contributed by atoms with Gasteiger partial charge in [-0.3, -0.25) is 0 Å². The van der Waals surface area contributed by atoms with E-state index in [9.17, 15) is 0 Å². The van der Waals surface area contributed by atoms with Crippen LogP contribution in [0.1, 0.15) is 22.3 Å². The fraction of sp³-hybridized carbons (Fsp3) is 0.0222. The van der Waals surface area contributed by atoms with E-state index in [1.54, 1.807) is 0 Å². The highest BCUT2D eigenvalue weighted by Crippen LogP contribution is 2.56. The molecule has 0 atom stereocenters. The van der Waals surface area contributed by atoms with Gasteiger partial charge in [-0.2, -0.15) is 0 Å². The molecule has 0 spiro atoms. The molecule has 0 aliphatic heterocycles. The molecule has 0 saturated heterocycles. The van der Waals surface area contributed by atoms with Gasteiger partial charge in [0, 0.05) is 0 Å². The molecule has 0 unspecified atom stereocenters. The molecular formula is C45H30. The topological polar surface area (TPSA) is 0 Å². The Bertz CT molecular complexity index is 2240. The van der Waals surface area contributed by atoms with E-state index in [0.717, 1.165) is 0 Å². The van der Waals surface area contributed by atoms with Crippen LogP contribution in [0, 0.1) is 0 Å². The van der Waals surface area contributed by atoms with Gasteiger partial charge >= 0.3 is 0 Å². The molecule has 0 N–H and O–H groups in total. The Morgan fingerprint density at radius 1 is 0.311 bits per heavy atom. The Morgan fingerprint density at radius 3 is 1.31 bits per heavy atom. The molecule has 0 amide bonds. The predicted molar refractivity (Wildman–Crippen MR) is 190 cm³/mol. The summed E-state index contributed by atoms with van der Waals surface area (Å²) >= 11 is 0. The summed E-state index contributed by atoms with van der Waals surface area (Å²) in [6, 6.07) is 67.0. The number of fused-ring (bicyclic) bond motifs is 5. The van der Waals surface area contributed by atoms with E-state index in [1.165, 1.54) is 77.2 Å². The van der Waals surface area contributed by atoms with Crippen molar-refractivity contribution in [2.45, 2.75) is 5.41 Å². The first kappa shape index (κ1) is 25.7. The van der Waals surface area contributed by atoms with Crippen LogP contribution in [0.4, 0.5) is 0 Å². The third kappa shape index (κ3) is 3.86. The Labute approximate surface area is 263 Å². The highest BCUT2D eigenvalue weighted by atomic mass is 14.5. The van der Waals surface area contributed by atoms with E-state index in [-0.39, 0.29) is 5.41 Å². The molecule has 0 fully saturated rings. The van der Waals surface area contributed by atoms with Crippen LogP contribution in [-0.4, -0.2) is 0 Å². The molecule has 1 aliphatic rings.